The molecule has 0 saturated carbocycles. The topological polar surface area (TPSA) is 84.9 Å². The fourth-order valence-corrected chi connectivity index (χ4v) is 4.58. The molecule has 7 nitrogen and oxygen atoms in total. The number of carbonyl (C=O) groups excluding carboxylic acids is 3. The average Bonchev–Trinajstić information content (AvgIpc) is 3.29. The van der Waals surface area contributed by atoms with Gasteiger partial charge in [0.05, 0.1) is 13.0 Å². The molecule has 1 heterocycles. The van der Waals surface area contributed by atoms with Crippen molar-refractivity contribution < 1.29 is 24.0 Å². The first-order valence-corrected chi connectivity index (χ1v) is 12.7. The highest BCUT2D eigenvalue weighted by molar-refractivity contribution is 6.02. The molecule has 4 aromatic rings. The predicted octanol–water partition coefficient (Wildman–Crippen LogP) is 5.25. The Labute approximate surface area is 226 Å². The predicted molar refractivity (Wildman–Crippen MR) is 146 cm³/mol. The van der Waals surface area contributed by atoms with Crippen LogP contribution < -0.4 is 10.2 Å². The number of ether oxygens (including phenoxy) is 1. The fourth-order valence-electron chi connectivity index (χ4n) is 4.58. The van der Waals surface area contributed by atoms with Crippen LogP contribution in [0.2, 0.25) is 0 Å². The molecule has 1 atom stereocenters. The SMILES string of the molecule is O=C(CC(C(=O)Cc1cccc(Oc2ccccc2)c1)N1Cc2ccccc2C1=O)NOCc1ccccc1. The molecule has 1 unspecified atom stereocenters. The summed E-state index contributed by atoms with van der Waals surface area (Å²) in [5.74, 6) is 0.301. The second-order valence-electron chi connectivity index (χ2n) is 9.32. The molecule has 196 valence electrons. The van der Waals surface area contributed by atoms with Gasteiger partial charge in [-0.2, -0.15) is 0 Å². The maximum atomic E-state index is 13.6. The van der Waals surface area contributed by atoms with E-state index < -0.39 is 11.9 Å². The third-order valence-electron chi connectivity index (χ3n) is 6.50. The van der Waals surface area contributed by atoms with Crippen LogP contribution in [0.3, 0.4) is 0 Å². The van der Waals surface area contributed by atoms with E-state index in [4.69, 9.17) is 9.57 Å². The summed E-state index contributed by atoms with van der Waals surface area (Å²) in [6.07, 6.45) is -0.178. The average molecular weight is 521 g/mol. The van der Waals surface area contributed by atoms with Gasteiger partial charge >= 0.3 is 0 Å². The summed E-state index contributed by atoms with van der Waals surface area (Å²) in [6, 6.07) is 32.4. The number of ketones is 1. The second kappa shape index (κ2) is 12.2. The number of rotatable bonds is 11. The number of Topliss-reactive ketones (excluding diaryl/α,β-unsaturated/α-hetero) is 1. The van der Waals surface area contributed by atoms with Crippen molar-refractivity contribution in [3.8, 4) is 11.5 Å². The molecule has 0 spiro atoms. The lowest BCUT2D eigenvalue weighted by molar-refractivity contribution is -0.138. The van der Waals surface area contributed by atoms with Gasteiger partial charge in [0.2, 0.25) is 5.91 Å². The third kappa shape index (κ3) is 6.58. The summed E-state index contributed by atoms with van der Waals surface area (Å²) in [7, 11) is 0. The van der Waals surface area contributed by atoms with Crippen molar-refractivity contribution in [3.05, 3.63) is 131 Å². The lowest BCUT2D eigenvalue weighted by Gasteiger charge is -2.26. The van der Waals surface area contributed by atoms with E-state index in [1.807, 2.05) is 91.0 Å². The van der Waals surface area contributed by atoms with Crippen LogP contribution in [0.5, 0.6) is 11.5 Å². The van der Waals surface area contributed by atoms with Crippen LogP contribution in [0.1, 0.15) is 33.5 Å². The van der Waals surface area contributed by atoms with Crippen molar-refractivity contribution in [3.63, 3.8) is 0 Å². The van der Waals surface area contributed by atoms with Crippen LogP contribution in [0.15, 0.2) is 109 Å². The smallest absolute Gasteiger partial charge is 0.255 e. The Morgan fingerprint density at radius 2 is 1.46 bits per heavy atom. The standard InChI is InChI=1S/C32H28N2O5/c35-30(19-24-12-9-16-27(18-24)39-26-14-5-2-6-15-26)29(34-21-25-13-7-8-17-28(25)32(34)37)20-31(36)33-38-22-23-10-3-1-4-11-23/h1-18,29H,19-22H2,(H,33,36). The molecule has 5 rings (SSSR count). The summed E-state index contributed by atoms with van der Waals surface area (Å²) in [4.78, 5) is 46.6. The highest BCUT2D eigenvalue weighted by Crippen LogP contribution is 2.27. The summed E-state index contributed by atoms with van der Waals surface area (Å²) >= 11 is 0. The van der Waals surface area contributed by atoms with Crippen LogP contribution >= 0.6 is 0 Å². The number of benzene rings is 4. The number of carbonyl (C=O) groups is 3. The monoisotopic (exact) mass is 520 g/mol. The number of hydrogen-bond donors (Lipinski definition) is 1. The number of hydroxylamine groups is 1. The van der Waals surface area contributed by atoms with E-state index in [-0.39, 0.29) is 37.7 Å². The molecular weight excluding hydrogens is 492 g/mol. The molecule has 0 aliphatic carbocycles. The van der Waals surface area contributed by atoms with Crippen LogP contribution in [0.25, 0.3) is 0 Å². The molecule has 0 saturated heterocycles. The number of para-hydroxylation sites is 1. The van der Waals surface area contributed by atoms with Gasteiger partial charge in [0.25, 0.3) is 5.91 Å². The Balaban J connectivity index is 1.29. The Bertz CT molecular complexity index is 1460. The van der Waals surface area contributed by atoms with Crippen LogP contribution in [0.4, 0.5) is 0 Å². The first-order chi connectivity index (χ1) is 19.1. The first-order valence-electron chi connectivity index (χ1n) is 12.7. The maximum Gasteiger partial charge on any atom is 0.255 e. The minimum absolute atomic E-state index is 0.0366. The van der Waals surface area contributed by atoms with Crippen LogP contribution in [-0.4, -0.2) is 28.5 Å². The summed E-state index contributed by atoms with van der Waals surface area (Å²) in [5, 5.41) is 0. The zero-order valence-electron chi connectivity index (χ0n) is 21.3. The summed E-state index contributed by atoms with van der Waals surface area (Å²) in [5.41, 5.74) is 5.43. The molecule has 0 bridgehead atoms. The largest absolute Gasteiger partial charge is 0.457 e. The van der Waals surface area contributed by atoms with Gasteiger partial charge in [-0.1, -0.05) is 78.9 Å². The zero-order valence-corrected chi connectivity index (χ0v) is 21.3. The third-order valence-corrected chi connectivity index (χ3v) is 6.50. The van der Waals surface area contributed by atoms with Crippen molar-refractivity contribution in [2.45, 2.75) is 32.0 Å². The lowest BCUT2D eigenvalue weighted by Crippen LogP contribution is -2.45. The second-order valence-corrected chi connectivity index (χ2v) is 9.32. The number of nitrogens with one attached hydrogen (secondary N) is 1. The summed E-state index contributed by atoms with van der Waals surface area (Å²) < 4.78 is 5.91. The minimum atomic E-state index is -0.955. The van der Waals surface area contributed by atoms with Crippen molar-refractivity contribution in [1.82, 2.24) is 10.4 Å². The van der Waals surface area contributed by atoms with Crippen LogP contribution in [-0.2, 0) is 34.0 Å². The molecule has 4 aromatic carbocycles. The van der Waals surface area contributed by atoms with Gasteiger partial charge in [-0.15, -0.1) is 0 Å². The number of nitrogens with zero attached hydrogens (tertiary/aromatic N) is 1. The van der Waals surface area contributed by atoms with E-state index >= 15 is 0 Å². The van der Waals surface area contributed by atoms with Crippen molar-refractivity contribution in [2.24, 2.45) is 0 Å². The quantitative estimate of drug-likeness (QED) is 0.273. The molecule has 2 amide bonds. The maximum absolute atomic E-state index is 13.6. The Morgan fingerprint density at radius 1 is 0.795 bits per heavy atom. The van der Waals surface area contributed by atoms with Gasteiger partial charge in [0, 0.05) is 18.5 Å². The van der Waals surface area contributed by atoms with Gasteiger partial charge in [-0.05, 0) is 47.0 Å². The summed E-state index contributed by atoms with van der Waals surface area (Å²) in [6.45, 7) is 0.453. The van der Waals surface area contributed by atoms with Gasteiger partial charge < -0.3 is 9.64 Å². The Hall–Kier alpha value is -4.75. The normalized spacial score (nSPS) is 13.0. The van der Waals surface area contributed by atoms with Crippen molar-refractivity contribution >= 4 is 17.6 Å². The molecule has 0 aromatic heterocycles. The molecular formula is C32H28N2O5. The molecule has 1 aliphatic rings. The molecule has 39 heavy (non-hydrogen) atoms. The lowest BCUT2D eigenvalue weighted by atomic mass is 9.99. The van der Waals surface area contributed by atoms with E-state index in [0.29, 0.717) is 17.1 Å². The van der Waals surface area contributed by atoms with E-state index in [9.17, 15) is 14.4 Å². The highest BCUT2D eigenvalue weighted by Gasteiger charge is 2.37. The fraction of sp³-hybridized carbons (Fsp3) is 0.156. The number of fused-ring (bicyclic) bond motifs is 1. The van der Waals surface area contributed by atoms with E-state index in [1.54, 1.807) is 18.2 Å². The number of hydrogen-bond acceptors (Lipinski definition) is 5. The van der Waals surface area contributed by atoms with Crippen molar-refractivity contribution in [1.29, 1.82) is 0 Å². The molecule has 0 radical (unpaired) electrons. The molecule has 1 aliphatic heterocycles. The van der Waals surface area contributed by atoms with Gasteiger partial charge in [-0.25, -0.2) is 5.48 Å². The molecule has 1 N–H and O–H groups in total. The van der Waals surface area contributed by atoms with E-state index in [2.05, 4.69) is 5.48 Å². The molecule has 0 fully saturated rings. The van der Waals surface area contributed by atoms with E-state index in [0.717, 1.165) is 16.7 Å². The van der Waals surface area contributed by atoms with E-state index in [1.165, 1.54) is 4.90 Å². The van der Waals surface area contributed by atoms with Gasteiger partial charge in [0.15, 0.2) is 5.78 Å². The zero-order chi connectivity index (χ0) is 27.0. The number of amides is 2. The van der Waals surface area contributed by atoms with Crippen LogP contribution in [0, 0.1) is 0 Å². The highest BCUT2D eigenvalue weighted by atomic mass is 16.6. The Kier molecular flexibility index (Phi) is 8.09. The van der Waals surface area contributed by atoms with Gasteiger partial charge in [-0.3, -0.25) is 19.2 Å². The Morgan fingerprint density at radius 3 is 2.23 bits per heavy atom. The van der Waals surface area contributed by atoms with Crippen molar-refractivity contribution in [2.75, 3.05) is 0 Å². The first kappa shape index (κ1) is 25.9. The minimum Gasteiger partial charge on any atom is -0.457 e. The van der Waals surface area contributed by atoms with Gasteiger partial charge in [0.1, 0.15) is 17.5 Å². The molecule has 7 heteroatoms.